The summed E-state index contributed by atoms with van der Waals surface area (Å²) >= 11 is 0. The number of hydrogen-bond acceptors (Lipinski definition) is 5. The van der Waals surface area contributed by atoms with Crippen molar-refractivity contribution in [3.8, 4) is 0 Å². The third-order valence-corrected chi connectivity index (χ3v) is 3.99. The van der Waals surface area contributed by atoms with Crippen molar-refractivity contribution in [3.63, 3.8) is 0 Å². The molecular weight excluding hydrogens is 357 g/mol. The molecule has 0 bridgehead atoms. The molecule has 1 N–H and O–H groups in total. The van der Waals surface area contributed by atoms with Gasteiger partial charge in [-0.3, -0.25) is 14.3 Å². The standard InChI is InChI=1S/C15H21F3N4O4/c1-21-6-10(5-19-21)14(24)22-7-11(15(16,17)18)12(8-22)20-13(23)9-26-4-3-25-2/h5-6,11-12H,3-4,7-9H2,1-2H3,(H,20,23)/t11-,12-/m1/s1. The maximum Gasteiger partial charge on any atom is 0.395 e. The van der Waals surface area contributed by atoms with Crippen LogP contribution in [0.25, 0.3) is 0 Å². The number of amides is 2. The van der Waals surface area contributed by atoms with Crippen LogP contribution in [0.5, 0.6) is 0 Å². The maximum absolute atomic E-state index is 13.3. The van der Waals surface area contributed by atoms with Gasteiger partial charge in [-0.1, -0.05) is 0 Å². The molecule has 1 saturated heterocycles. The number of nitrogens with one attached hydrogen (secondary N) is 1. The summed E-state index contributed by atoms with van der Waals surface area (Å²) in [6.45, 7) is -0.701. The predicted octanol–water partition coefficient (Wildman–Crippen LogP) is 0.202. The smallest absolute Gasteiger partial charge is 0.382 e. The fraction of sp³-hybridized carbons (Fsp3) is 0.667. The van der Waals surface area contributed by atoms with Crippen LogP contribution in [0.15, 0.2) is 12.4 Å². The fourth-order valence-electron chi connectivity index (χ4n) is 2.72. The SMILES string of the molecule is COCCOCC(=O)N[C@@H]1CN(C(=O)c2cnn(C)c2)C[C@H]1C(F)(F)F. The quantitative estimate of drug-likeness (QED) is 0.686. The van der Waals surface area contributed by atoms with E-state index in [0.29, 0.717) is 0 Å². The first-order chi connectivity index (χ1) is 12.2. The van der Waals surface area contributed by atoms with E-state index < -0.39 is 36.5 Å². The third-order valence-electron chi connectivity index (χ3n) is 3.99. The number of rotatable bonds is 7. The van der Waals surface area contributed by atoms with E-state index in [4.69, 9.17) is 9.47 Å². The van der Waals surface area contributed by atoms with Crippen molar-refractivity contribution < 1.29 is 32.2 Å². The number of carbonyl (C=O) groups excluding carboxylic acids is 2. The largest absolute Gasteiger partial charge is 0.395 e. The van der Waals surface area contributed by atoms with E-state index in [-0.39, 0.29) is 31.9 Å². The van der Waals surface area contributed by atoms with Crippen LogP contribution < -0.4 is 5.32 Å². The van der Waals surface area contributed by atoms with Crippen molar-refractivity contribution in [3.05, 3.63) is 18.0 Å². The Hall–Kier alpha value is -2.14. The van der Waals surface area contributed by atoms with Crippen molar-refractivity contribution in [2.75, 3.05) is 40.0 Å². The molecule has 1 fully saturated rings. The van der Waals surface area contributed by atoms with E-state index in [1.807, 2.05) is 0 Å². The second-order valence-corrected chi connectivity index (χ2v) is 5.98. The molecule has 0 radical (unpaired) electrons. The van der Waals surface area contributed by atoms with Crippen molar-refractivity contribution >= 4 is 11.8 Å². The number of aromatic nitrogens is 2. The molecule has 0 unspecified atom stereocenters. The number of aryl methyl sites for hydroxylation is 1. The van der Waals surface area contributed by atoms with Crippen LogP contribution in [0.2, 0.25) is 0 Å². The number of hydrogen-bond donors (Lipinski definition) is 1. The van der Waals surface area contributed by atoms with Crippen LogP contribution >= 0.6 is 0 Å². The molecule has 1 aliphatic heterocycles. The number of ether oxygens (including phenoxy) is 2. The Morgan fingerprint density at radius 2 is 2.08 bits per heavy atom. The topological polar surface area (TPSA) is 85.7 Å². The second-order valence-electron chi connectivity index (χ2n) is 5.98. The van der Waals surface area contributed by atoms with Gasteiger partial charge in [0.2, 0.25) is 5.91 Å². The number of nitrogens with zero attached hydrogens (tertiary/aromatic N) is 3. The first-order valence-electron chi connectivity index (χ1n) is 7.93. The van der Waals surface area contributed by atoms with Gasteiger partial charge in [0.1, 0.15) is 6.61 Å². The normalized spacial score (nSPS) is 20.4. The number of likely N-dealkylation sites (tertiary alicyclic amines) is 1. The summed E-state index contributed by atoms with van der Waals surface area (Å²) in [5, 5.41) is 6.16. The van der Waals surface area contributed by atoms with Gasteiger partial charge < -0.3 is 19.7 Å². The lowest BCUT2D eigenvalue weighted by atomic mass is 10.0. The van der Waals surface area contributed by atoms with Gasteiger partial charge in [-0.15, -0.1) is 0 Å². The summed E-state index contributed by atoms with van der Waals surface area (Å²) in [4.78, 5) is 25.3. The molecule has 0 aromatic carbocycles. The Morgan fingerprint density at radius 3 is 2.65 bits per heavy atom. The molecule has 26 heavy (non-hydrogen) atoms. The van der Waals surface area contributed by atoms with Gasteiger partial charge in [-0.2, -0.15) is 18.3 Å². The minimum absolute atomic E-state index is 0.156. The minimum Gasteiger partial charge on any atom is -0.382 e. The summed E-state index contributed by atoms with van der Waals surface area (Å²) in [5.41, 5.74) is 0.197. The highest BCUT2D eigenvalue weighted by Gasteiger charge is 2.51. The number of carbonyl (C=O) groups is 2. The molecule has 2 rings (SSSR count). The van der Waals surface area contributed by atoms with Crippen LogP contribution in [0, 0.1) is 5.92 Å². The molecule has 1 aliphatic rings. The lowest BCUT2D eigenvalue weighted by molar-refractivity contribution is -0.175. The zero-order valence-electron chi connectivity index (χ0n) is 14.5. The minimum atomic E-state index is -4.54. The van der Waals surface area contributed by atoms with E-state index in [1.54, 1.807) is 7.05 Å². The average molecular weight is 378 g/mol. The highest BCUT2D eigenvalue weighted by molar-refractivity contribution is 5.94. The Kier molecular flexibility index (Phi) is 6.59. The molecule has 1 aromatic heterocycles. The van der Waals surface area contributed by atoms with E-state index in [1.165, 1.54) is 24.2 Å². The van der Waals surface area contributed by atoms with E-state index in [9.17, 15) is 22.8 Å². The van der Waals surface area contributed by atoms with Gasteiger partial charge in [-0.05, 0) is 0 Å². The Bertz CT molecular complexity index is 635. The predicted molar refractivity (Wildman–Crippen MR) is 83.3 cm³/mol. The molecule has 0 spiro atoms. The molecule has 11 heteroatoms. The first-order valence-corrected chi connectivity index (χ1v) is 7.93. The van der Waals surface area contributed by atoms with Gasteiger partial charge in [0.15, 0.2) is 0 Å². The zero-order chi connectivity index (χ0) is 19.3. The maximum atomic E-state index is 13.3. The fourth-order valence-corrected chi connectivity index (χ4v) is 2.72. The number of halogens is 3. The van der Waals surface area contributed by atoms with Gasteiger partial charge >= 0.3 is 6.18 Å². The second kappa shape index (κ2) is 8.49. The molecular formula is C15H21F3N4O4. The van der Waals surface area contributed by atoms with E-state index in [2.05, 4.69) is 10.4 Å². The van der Waals surface area contributed by atoms with Gasteiger partial charge in [0.05, 0.1) is 36.9 Å². The number of alkyl halides is 3. The summed E-state index contributed by atoms with van der Waals surface area (Å²) in [6, 6.07) is -1.23. The summed E-state index contributed by atoms with van der Waals surface area (Å²) in [5.74, 6) is -3.07. The van der Waals surface area contributed by atoms with Crippen LogP contribution in [-0.4, -0.2) is 78.7 Å². The molecule has 8 nitrogen and oxygen atoms in total. The van der Waals surface area contributed by atoms with E-state index >= 15 is 0 Å². The monoisotopic (exact) mass is 378 g/mol. The van der Waals surface area contributed by atoms with Crippen LogP contribution in [0.3, 0.4) is 0 Å². The van der Waals surface area contributed by atoms with E-state index in [0.717, 1.165) is 4.90 Å². The van der Waals surface area contributed by atoms with Crippen molar-refractivity contribution in [2.24, 2.45) is 13.0 Å². The molecule has 146 valence electrons. The highest BCUT2D eigenvalue weighted by atomic mass is 19.4. The number of methoxy groups -OCH3 is 1. The van der Waals surface area contributed by atoms with Gasteiger partial charge in [0.25, 0.3) is 5.91 Å². The zero-order valence-corrected chi connectivity index (χ0v) is 14.5. The Balaban J connectivity index is 1.99. The average Bonchev–Trinajstić information content (AvgIpc) is 3.17. The third kappa shape index (κ3) is 5.18. The van der Waals surface area contributed by atoms with Gasteiger partial charge in [0, 0.05) is 33.4 Å². The molecule has 0 aliphatic carbocycles. The summed E-state index contributed by atoms with van der Waals surface area (Å²) < 4.78 is 51.1. The molecule has 2 atom stereocenters. The lowest BCUT2D eigenvalue weighted by Crippen LogP contribution is -2.46. The van der Waals surface area contributed by atoms with Crippen LogP contribution in [-0.2, 0) is 21.3 Å². The Labute approximate surface area is 148 Å². The Morgan fingerprint density at radius 1 is 1.35 bits per heavy atom. The van der Waals surface area contributed by atoms with Crippen LogP contribution in [0.4, 0.5) is 13.2 Å². The van der Waals surface area contributed by atoms with Gasteiger partial charge in [-0.25, -0.2) is 0 Å². The van der Waals surface area contributed by atoms with Crippen molar-refractivity contribution in [2.45, 2.75) is 12.2 Å². The van der Waals surface area contributed by atoms with Crippen molar-refractivity contribution in [1.29, 1.82) is 0 Å². The van der Waals surface area contributed by atoms with Crippen LogP contribution in [0.1, 0.15) is 10.4 Å². The summed E-state index contributed by atoms with van der Waals surface area (Å²) in [7, 11) is 3.07. The molecule has 1 aromatic rings. The van der Waals surface area contributed by atoms with Crippen molar-refractivity contribution in [1.82, 2.24) is 20.0 Å². The molecule has 2 amide bonds. The lowest BCUT2D eigenvalue weighted by Gasteiger charge is -2.21. The summed E-state index contributed by atoms with van der Waals surface area (Å²) in [6.07, 6.45) is -1.82. The highest BCUT2D eigenvalue weighted by Crippen LogP contribution is 2.34. The molecule has 2 heterocycles. The molecule has 0 saturated carbocycles. The first kappa shape index (κ1) is 20.2.